The van der Waals surface area contributed by atoms with Crippen LogP contribution in [0.4, 0.5) is 0 Å². The molecule has 3 heterocycles. The number of rotatable bonds is 5. The second-order valence-corrected chi connectivity index (χ2v) is 7.02. The van der Waals surface area contributed by atoms with E-state index in [2.05, 4.69) is 5.32 Å². The fourth-order valence-corrected chi connectivity index (χ4v) is 3.44. The fourth-order valence-electron chi connectivity index (χ4n) is 3.44. The van der Waals surface area contributed by atoms with Crippen LogP contribution in [-0.4, -0.2) is 54.3 Å². The third-order valence-electron chi connectivity index (χ3n) is 5.01. The van der Waals surface area contributed by atoms with E-state index < -0.39 is 0 Å². The molecule has 1 N–H and O–H groups in total. The summed E-state index contributed by atoms with van der Waals surface area (Å²) in [6, 6.07) is 12.9. The number of carbonyl (C=O) groups is 2. The van der Waals surface area contributed by atoms with Gasteiger partial charge in [0, 0.05) is 31.6 Å². The molecular formula is C21H23N3O4. The molecule has 0 unspecified atom stereocenters. The van der Waals surface area contributed by atoms with Crippen molar-refractivity contribution in [3.63, 3.8) is 0 Å². The maximum atomic E-state index is 12.4. The summed E-state index contributed by atoms with van der Waals surface area (Å²) in [7, 11) is 0. The van der Waals surface area contributed by atoms with Gasteiger partial charge in [-0.3, -0.25) is 14.5 Å². The normalized spacial score (nSPS) is 16.2. The van der Waals surface area contributed by atoms with Crippen molar-refractivity contribution in [3.8, 4) is 0 Å². The average molecular weight is 381 g/mol. The first-order valence-corrected chi connectivity index (χ1v) is 9.43. The van der Waals surface area contributed by atoms with Crippen LogP contribution >= 0.6 is 0 Å². The minimum atomic E-state index is -0.207. The largest absolute Gasteiger partial charge is 0.459 e. The van der Waals surface area contributed by atoms with E-state index in [1.54, 1.807) is 17.0 Å². The highest BCUT2D eigenvalue weighted by Gasteiger charge is 2.25. The highest BCUT2D eigenvalue weighted by molar-refractivity contribution is 5.91. The maximum absolute atomic E-state index is 12.4. The van der Waals surface area contributed by atoms with Gasteiger partial charge in [0.25, 0.3) is 5.91 Å². The first-order valence-electron chi connectivity index (χ1n) is 9.43. The summed E-state index contributed by atoms with van der Waals surface area (Å²) in [6.45, 7) is 4.67. The monoisotopic (exact) mass is 381 g/mol. The van der Waals surface area contributed by atoms with E-state index in [9.17, 15) is 9.59 Å². The molecule has 0 aliphatic carbocycles. The molecule has 7 heteroatoms. The minimum absolute atomic E-state index is 0.0567. The van der Waals surface area contributed by atoms with E-state index in [4.69, 9.17) is 8.83 Å². The molecule has 28 heavy (non-hydrogen) atoms. The summed E-state index contributed by atoms with van der Waals surface area (Å²) in [4.78, 5) is 28.5. The van der Waals surface area contributed by atoms with Gasteiger partial charge >= 0.3 is 0 Å². The third-order valence-corrected chi connectivity index (χ3v) is 5.01. The lowest BCUT2D eigenvalue weighted by Gasteiger charge is -2.34. The number of nitrogens with one attached hydrogen (secondary N) is 1. The maximum Gasteiger partial charge on any atom is 0.289 e. The van der Waals surface area contributed by atoms with Crippen molar-refractivity contribution in [1.82, 2.24) is 15.1 Å². The van der Waals surface area contributed by atoms with Crippen LogP contribution in [0.3, 0.4) is 0 Å². The first kappa shape index (κ1) is 18.3. The van der Waals surface area contributed by atoms with Crippen LogP contribution in [-0.2, 0) is 4.79 Å². The second kappa shape index (κ2) is 7.90. The SMILES string of the molecule is C[C@@H](NC(=O)CN1CCN(C(=O)c2ccco2)CC1)c1cc2ccccc2o1. The number of hydrogen-bond acceptors (Lipinski definition) is 5. The number of nitrogens with zero attached hydrogens (tertiary/aromatic N) is 2. The van der Waals surface area contributed by atoms with Crippen molar-refractivity contribution in [1.29, 1.82) is 0 Å². The van der Waals surface area contributed by atoms with E-state index in [1.165, 1.54) is 6.26 Å². The Morgan fingerprint density at radius 3 is 2.61 bits per heavy atom. The summed E-state index contributed by atoms with van der Waals surface area (Å²) < 4.78 is 11.0. The second-order valence-electron chi connectivity index (χ2n) is 7.02. The van der Waals surface area contributed by atoms with Gasteiger partial charge in [-0.25, -0.2) is 0 Å². The summed E-state index contributed by atoms with van der Waals surface area (Å²) in [5.41, 5.74) is 0.816. The van der Waals surface area contributed by atoms with Crippen molar-refractivity contribution < 1.29 is 18.4 Å². The quantitative estimate of drug-likeness (QED) is 0.735. The summed E-state index contributed by atoms with van der Waals surface area (Å²) >= 11 is 0. The molecule has 3 aromatic rings. The van der Waals surface area contributed by atoms with Crippen molar-refractivity contribution in [2.45, 2.75) is 13.0 Å². The molecular weight excluding hydrogens is 358 g/mol. The molecule has 146 valence electrons. The van der Waals surface area contributed by atoms with Crippen LogP contribution in [0.2, 0.25) is 0 Å². The van der Waals surface area contributed by atoms with Gasteiger partial charge in [-0.2, -0.15) is 0 Å². The Balaban J connectivity index is 1.27. The molecule has 0 radical (unpaired) electrons. The zero-order valence-electron chi connectivity index (χ0n) is 15.8. The molecule has 1 aromatic carbocycles. The highest BCUT2D eigenvalue weighted by atomic mass is 16.3. The zero-order chi connectivity index (χ0) is 19.5. The molecule has 4 rings (SSSR count). The Bertz CT molecular complexity index is 922. The van der Waals surface area contributed by atoms with E-state index in [0.717, 1.165) is 16.7 Å². The van der Waals surface area contributed by atoms with Crippen LogP contribution in [0.25, 0.3) is 11.0 Å². The molecule has 0 saturated carbocycles. The molecule has 1 saturated heterocycles. The fraction of sp³-hybridized carbons (Fsp3) is 0.333. The third kappa shape index (κ3) is 3.94. The van der Waals surface area contributed by atoms with E-state index >= 15 is 0 Å². The van der Waals surface area contributed by atoms with Crippen LogP contribution < -0.4 is 5.32 Å². The van der Waals surface area contributed by atoms with Crippen LogP contribution in [0.15, 0.2) is 57.6 Å². The molecule has 1 aliphatic heterocycles. The van der Waals surface area contributed by atoms with Gasteiger partial charge in [-0.1, -0.05) is 18.2 Å². The Kier molecular flexibility index (Phi) is 5.16. The number of hydrogen-bond donors (Lipinski definition) is 1. The molecule has 7 nitrogen and oxygen atoms in total. The van der Waals surface area contributed by atoms with Crippen molar-refractivity contribution in [2.24, 2.45) is 0 Å². The Morgan fingerprint density at radius 2 is 1.89 bits per heavy atom. The average Bonchev–Trinajstić information content (AvgIpc) is 3.37. The van der Waals surface area contributed by atoms with E-state index in [-0.39, 0.29) is 17.9 Å². The number of benzene rings is 1. The molecule has 2 amide bonds. The molecule has 0 bridgehead atoms. The molecule has 1 aliphatic rings. The van der Waals surface area contributed by atoms with E-state index in [1.807, 2.05) is 42.2 Å². The lowest BCUT2D eigenvalue weighted by atomic mass is 10.2. The van der Waals surface area contributed by atoms with E-state index in [0.29, 0.717) is 38.5 Å². The van der Waals surface area contributed by atoms with Gasteiger partial charge in [0.05, 0.1) is 18.8 Å². The highest BCUT2D eigenvalue weighted by Crippen LogP contribution is 2.23. The van der Waals surface area contributed by atoms with Gasteiger partial charge in [0.15, 0.2) is 5.76 Å². The van der Waals surface area contributed by atoms with Crippen LogP contribution in [0.5, 0.6) is 0 Å². The Hall–Kier alpha value is -3.06. The standard InChI is InChI=1S/C21H23N3O4/c1-15(19-13-16-5-2-3-6-17(16)28-19)22-20(25)14-23-8-10-24(11-9-23)21(26)18-7-4-12-27-18/h2-7,12-13,15H,8-11,14H2,1H3,(H,22,25)/t15-/m1/s1. The topological polar surface area (TPSA) is 78.9 Å². The summed E-state index contributed by atoms with van der Waals surface area (Å²) in [5, 5.41) is 4.01. The van der Waals surface area contributed by atoms with Crippen LogP contribution in [0, 0.1) is 0 Å². The smallest absolute Gasteiger partial charge is 0.289 e. The van der Waals surface area contributed by atoms with Crippen molar-refractivity contribution in [2.75, 3.05) is 32.7 Å². The predicted octanol–water partition coefficient (Wildman–Crippen LogP) is 2.66. The number of fused-ring (bicyclic) bond motifs is 1. The first-order chi connectivity index (χ1) is 13.6. The number of furan rings is 2. The predicted molar refractivity (Wildman–Crippen MR) is 104 cm³/mol. The molecule has 1 atom stereocenters. The lowest BCUT2D eigenvalue weighted by molar-refractivity contribution is -0.123. The van der Waals surface area contributed by atoms with Gasteiger partial charge < -0.3 is 19.1 Å². The minimum Gasteiger partial charge on any atom is -0.459 e. The molecule has 0 spiro atoms. The number of para-hydroxylation sites is 1. The van der Waals surface area contributed by atoms with Gasteiger partial charge in [-0.15, -0.1) is 0 Å². The Labute approximate surface area is 162 Å². The number of carbonyl (C=O) groups excluding carboxylic acids is 2. The summed E-state index contributed by atoms with van der Waals surface area (Å²) in [6.07, 6.45) is 1.50. The zero-order valence-corrected chi connectivity index (χ0v) is 15.8. The summed E-state index contributed by atoms with van der Waals surface area (Å²) in [5.74, 6) is 0.931. The molecule has 2 aromatic heterocycles. The van der Waals surface area contributed by atoms with Crippen molar-refractivity contribution in [3.05, 3.63) is 60.2 Å². The van der Waals surface area contributed by atoms with Gasteiger partial charge in [0.2, 0.25) is 5.91 Å². The van der Waals surface area contributed by atoms with Crippen molar-refractivity contribution >= 4 is 22.8 Å². The Morgan fingerprint density at radius 1 is 1.11 bits per heavy atom. The van der Waals surface area contributed by atoms with Gasteiger partial charge in [0.1, 0.15) is 11.3 Å². The number of piperazine rings is 1. The van der Waals surface area contributed by atoms with Gasteiger partial charge in [-0.05, 0) is 31.2 Å². The molecule has 1 fully saturated rings. The number of amides is 2. The lowest BCUT2D eigenvalue weighted by Crippen LogP contribution is -2.51. The van der Waals surface area contributed by atoms with Crippen LogP contribution in [0.1, 0.15) is 29.3 Å².